The van der Waals surface area contributed by atoms with Gasteiger partial charge in [-0.05, 0) is 0 Å². The molecule has 5 nitrogen and oxygen atoms in total. The van der Waals surface area contributed by atoms with E-state index < -0.39 is 0 Å². The second-order valence-electron chi connectivity index (χ2n) is 2.45. The van der Waals surface area contributed by atoms with Gasteiger partial charge >= 0.3 is 0 Å². The number of halogens is 1. The Morgan fingerprint density at radius 2 is 2.36 bits per heavy atom. The van der Waals surface area contributed by atoms with Gasteiger partial charge in [-0.2, -0.15) is 4.98 Å². The summed E-state index contributed by atoms with van der Waals surface area (Å²) in [6.07, 6.45) is 2.46. The SMILES string of the molecule is Cl.NCc1nc(Cc2cncs2)no1. The van der Waals surface area contributed by atoms with Crippen LogP contribution in [0.2, 0.25) is 0 Å². The van der Waals surface area contributed by atoms with Crippen LogP contribution in [0.3, 0.4) is 0 Å². The van der Waals surface area contributed by atoms with Crippen LogP contribution in [-0.2, 0) is 13.0 Å². The molecule has 0 atom stereocenters. The molecule has 0 amide bonds. The van der Waals surface area contributed by atoms with E-state index >= 15 is 0 Å². The molecule has 0 saturated carbocycles. The van der Waals surface area contributed by atoms with Crippen LogP contribution < -0.4 is 5.73 Å². The van der Waals surface area contributed by atoms with Crippen molar-refractivity contribution in [2.45, 2.75) is 13.0 Å². The Balaban J connectivity index is 0.000000980. The third-order valence-electron chi connectivity index (χ3n) is 1.50. The van der Waals surface area contributed by atoms with E-state index in [0.29, 0.717) is 18.1 Å². The molecule has 0 aliphatic heterocycles. The Morgan fingerprint density at radius 3 is 2.93 bits per heavy atom. The van der Waals surface area contributed by atoms with Crippen molar-refractivity contribution < 1.29 is 4.52 Å². The number of hydrogen-bond acceptors (Lipinski definition) is 6. The van der Waals surface area contributed by atoms with Gasteiger partial charge in [-0.1, -0.05) is 5.16 Å². The minimum Gasteiger partial charge on any atom is -0.338 e. The number of hydrogen-bond donors (Lipinski definition) is 1. The zero-order valence-electron chi connectivity index (χ0n) is 7.21. The molecular formula is C7H9ClN4OS. The molecule has 14 heavy (non-hydrogen) atoms. The lowest BCUT2D eigenvalue weighted by Gasteiger charge is -1.85. The third-order valence-corrected chi connectivity index (χ3v) is 2.28. The molecule has 76 valence electrons. The monoisotopic (exact) mass is 232 g/mol. The molecule has 7 heteroatoms. The van der Waals surface area contributed by atoms with E-state index in [1.54, 1.807) is 23.0 Å². The minimum atomic E-state index is 0. The fourth-order valence-corrected chi connectivity index (χ4v) is 1.52. The summed E-state index contributed by atoms with van der Waals surface area (Å²) in [5.41, 5.74) is 7.11. The summed E-state index contributed by atoms with van der Waals surface area (Å²) >= 11 is 1.57. The van der Waals surface area contributed by atoms with E-state index in [1.165, 1.54) is 0 Å². The maximum Gasteiger partial charge on any atom is 0.240 e. The number of nitrogens with zero attached hydrogens (tertiary/aromatic N) is 3. The molecule has 0 bridgehead atoms. The number of nitrogens with two attached hydrogens (primary N) is 1. The number of rotatable bonds is 3. The normalized spacial score (nSPS) is 9.79. The van der Waals surface area contributed by atoms with Gasteiger partial charge in [0.1, 0.15) is 0 Å². The summed E-state index contributed by atoms with van der Waals surface area (Å²) in [5, 5.41) is 3.77. The van der Waals surface area contributed by atoms with Crippen molar-refractivity contribution in [2.24, 2.45) is 5.73 Å². The number of thiazole rings is 1. The molecule has 0 aromatic carbocycles. The smallest absolute Gasteiger partial charge is 0.240 e. The average molecular weight is 233 g/mol. The largest absolute Gasteiger partial charge is 0.338 e. The Kier molecular flexibility index (Phi) is 3.99. The molecule has 0 unspecified atom stereocenters. The highest BCUT2D eigenvalue weighted by atomic mass is 35.5. The predicted octanol–water partition coefficient (Wildman–Crippen LogP) is 0.997. The first kappa shape index (κ1) is 11.1. The molecule has 2 aromatic rings. The molecule has 2 aromatic heterocycles. The van der Waals surface area contributed by atoms with Gasteiger partial charge in [-0.3, -0.25) is 4.98 Å². The standard InChI is InChI=1S/C7H8N4OS.ClH/c8-2-7-10-6(11-12-7)1-5-3-9-4-13-5;/h3-4H,1-2,8H2;1H. The maximum atomic E-state index is 5.33. The van der Waals surface area contributed by atoms with Crippen LogP contribution in [0.15, 0.2) is 16.2 Å². The van der Waals surface area contributed by atoms with Crippen molar-refractivity contribution in [1.82, 2.24) is 15.1 Å². The molecule has 2 rings (SSSR count). The highest BCUT2D eigenvalue weighted by Crippen LogP contribution is 2.10. The van der Waals surface area contributed by atoms with Crippen molar-refractivity contribution in [3.8, 4) is 0 Å². The first-order chi connectivity index (χ1) is 6.38. The highest BCUT2D eigenvalue weighted by Gasteiger charge is 2.05. The van der Waals surface area contributed by atoms with E-state index in [9.17, 15) is 0 Å². The molecule has 0 radical (unpaired) electrons. The lowest BCUT2D eigenvalue weighted by Crippen LogP contribution is -1.96. The van der Waals surface area contributed by atoms with Gasteiger partial charge in [0.25, 0.3) is 0 Å². The zero-order valence-corrected chi connectivity index (χ0v) is 8.85. The van der Waals surface area contributed by atoms with Crippen LogP contribution in [0.1, 0.15) is 16.6 Å². The molecule has 0 fully saturated rings. The highest BCUT2D eigenvalue weighted by molar-refractivity contribution is 7.09. The van der Waals surface area contributed by atoms with Crippen molar-refractivity contribution >= 4 is 23.7 Å². The summed E-state index contributed by atoms with van der Waals surface area (Å²) < 4.78 is 4.86. The lowest BCUT2D eigenvalue weighted by molar-refractivity contribution is 0.375. The summed E-state index contributed by atoms with van der Waals surface area (Å²) in [6, 6.07) is 0. The van der Waals surface area contributed by atoms with Crippen molar-refractivity contribution in [1.29, 1.82) is 0 Å². The Labute approximate surface area is 90.8 Å². The van der Waals surface area contributed by atoms with Gasteiger partial charge in [0, 0.05) is 17.5 Å². The fraction of sp³-hybridized carbons (Fsp3) is 0.286. The molecular weight excluding hydrogens is 224 g/mol. The third kappa shape index (κ3) is 2.50. The van der Waals surface area contributed by atoms with Crippen molar-refractivity contribution in [3.05, 3.63) is 28.3 Å². The number of aromatic nitrogens is 3. The van der Waals surface area contributed by atoms with Gasteiger partial charge in [0.05, 0.1) is 12.1 Å². The lowest BCUT2D eigenvalue weighted by atomic mass is 10.4. The Bertz CT molecular complexity index is 375. The van der Waals surface area contributed by atoms with E-state index in [0.717, 1.165) is 4.88 Å². The first-order valence-corrected chi connectivity index (χ1v) is 4.65. The molecule has 0 saturated heterocycles. The van der Waals surface area contributed by atoms with E-state index in [4.69, 9.17) is 10.3 Å². The van der Waals surface area contributed by atoms with Gasteiger partial charge in [-0.25, -0.2) is 0 Å². The van der Waals surface area contributed by atoms with E-state index in [2.05, 4.69) is 15.1 Å². The van der Waals surface area contributed by atoms with Crippen molar-refractivity contribution in [3.63, 3.8) is 0 Å². The summed E-state index contributed by atoms with van der Waals surface area (Å²) in [4.78, 5) is 9.15. The average Bonchev–Trinajstić information content (AvgIpc) is 2.76. The van der Waals surface area contributed by atoms with Crippen LogP contribution in [0.5, 0.6) is 0 Å². The van der Waals surface area contributed by atoms with E-state index in [-0.39, 0.29) is 19.0 Å². The van der Waals surface area contributed by atoms with Gasteiger partial charge in [-0.15, -0.1) is 23.7 Å². The summed E-state index contributed by atoms with van der Waals surface area (Å²) in [5.74, 6) is 1.13. The van der Waals surface area contributed by atoms with E-state index in [1.807, 2.05) is 0 Å². The minimum absolute atomic E-state index is 0. The van der Waals surface area contributed by atoms with Crippen LogP contribution in [0, 0.1) is 0 Å². The Morgan fingerprint density at radius 1 is 1.50 bits per heavy atom. The first-order valence-electron chi connectivity index (χ1n) is 3.77. The zero-order chi connectivity index (χ0) is 9.10. The molecule has 2 N–H and O–H groups in total. The quantitative estimate of drug-likeness (QED) is 0.854. The molecule has 0 aliphatic rings. The van der Waals surface area contributed by atoms with Gasteiger partial charge < -0.3 is 10.3 Å². The second-order valence-corrected chi connectivity index (χ2v) is 3.42. The molecule has 0 spiro atoms. The predicted molar refractivity (Wildman–Crippen MR) is 54.4 cm³/mol. The molecule has 2 heterocycles. The molecule has 0 aliphatic carbocycles. The topological polar surface area (TPSA) is 77.8 Å². The summed E-state index contributed by atoms with van der Waals surface area (Å²) in [6.45, 7) is 0.287. The fourth-order valence-electron chi connectivity index (χ4n) is 0.930. The van der Waals surface area contributed by atoms with Gasteiger partial charge in [0.2, 0.25) is 5.89 Å². The van der Waals surface area contributed by atoms with Gasteiger partial charge in [0.15, 0.2) is 5.82 Å². The van der Waals surface area contributed by atoms with Crippen LogP contribution in [-0.4, -0.2) is 15.1 Å². The summed E-state index contributed by atoms with van der Waals surface area (Å²) in [7, 11) is 0. The second kappa shape index (κ2) is 5.04. The van der Waals surface area contributed by atoms with Crippen LogP contribution in [0.4, 0.5) is 0 Å². The van der Waals surface area contributed by atoms with Crippen LogP contribution in [0.25, 0.3) is 0 Å². The Hall–Kier alpha value is -0.980. The van der Waals surface area contributed by atoms with Crippen LogP contribution >= 0.6 is 23.7 Å². The van der Waals surface area contributed by atoms with Crippen molar-refractivity contribution in [2.75, 3.05) is 0 Å². The maximum absolute atomic E-state index is 5.33.